The van der Waals surface area contributed by atoms with E-state index >= 15 is 0 Å². The molecule has 1 unspecified atom stereocenters. The van der Waals surface area contributed by atoms with Crippen LogP contribution in [0.3, 0.4) is 0 Å². The third-order valence-corrected chi connectivity index (χ3v) is 3.55. The van der Waals surface area contributed by atoms with Gasteiger partial charge in [-0.1, -0.05) is 6.92 Å². The van der Waals surface area contributed by atoms with Gasteiger partial charge in [0.25, 0.3) is 0 Å². The van der Waals surface area contributed by atoms with Crippen LogP contribution in [0.5, 0.6) is 0 Å². The normalized spacial score (nSPS) is 36.2. The lowest BCUT2D eigenvalue weighted by atomic mass is 9.68. The van der Waals surface area contributed by atoms with E-state index in [0.29, 0.717) is 19.3 Å². The maximum atomic E-state index is 11.4. The predicted octanol–water partition coefficient (Wildman–Crippen LogP) is 1.72. The minimum atomic E-state index is -0.853. The van der Waals surface area contributed by atoms with E-state index in [-0.39, 0.29) is 17.6 Å². The minimum absolute atomic E-state index is 0.133. The molecule has 0 bridgehead atoms. The van der Waals surface area contributed by atoms with Crippen molar-refractivity contribution in [2.24, 2.45) is 11.8 Å². The molecule has 15 heavy (non-hydrogen) atoms. The van der Waals surface area contributed by atoms with Gasteiger partial charge in [-0.15, -0.1) is 0 Å². The molecule has 0 saturated heterocycles. The lowest BCUT2D eigenvalue weighted by molar-refractivity contribution is -0.130. The summed E-state index contributed by atoms with van der Waals surface area (Å²) in [5.74, 6) is -0.200. The highest BCUT2D eigenvalue weighted by molar-refractivity contribution is 5.79. The predicted molar refractivity (Wildman–Crippen MR) is 57.4 cm³/mol. The number of aliphatic hydroxyl groups is 1. The van der Waals surface area contributed by atoms with Gasteiger partial charge in [-0.3, -0.25) is 4.79 Å². The van der Waals surface area contributed by atoms with Crippen LogP contribution < -0.4 is 0 Å². The summed E-state index contributed by atoms with van der Waals surface area (Å²) < 4.78 is 0. The van der Waals surface area contributed by atoms with Gasteiger partial charge in [0.15, 0.2) is 0 Å². The molecule has 0 aromatic rings. The first-order valence-electron chi connectivity index (χ1n) is 5.70. The molecule has 3 nitrogen and oxygen atoms in total. The molecule has 0 spiro atoms. The number of carbonyl (C=O) groups excluding carboxylic acids is 2. The highest BCUT2D eigenvalue weighted by Crippen LogP contribution is 2.39. The van der Waals surface area contributed by atoms with Crippen molar-refractivity contribution in [1.82, 2.24) is 0 Å². The lowest BCUT2D eigenvalue weighted by Crippen LogP contribution is -2.44. The quantitative estimate of drug-likeness (QED) is 0.722. The van der Waals surface area contributed by atoms with Gasteiger partial charge >= 0.3 is 0 Å². The third kappa shape index (κ3) is 2.88. The fourth-order valence-electron chi connectivity index (χ4n) is 2.47. The average Bonchev–Trinajstić information content (AvgIpc) is 2.20. The molecule has 0 aliphatic heterocycles. The van der Waals surface area contributed by atoms with E-state index in [2.05, 4.69) is 0 Å². The van der Waals surface area contributed by atoms with Crippen LogP contribution >= 0.6 is 0 Å². The average molecular weight is 212 g/mol. The van der Waals surface area contributed by atoms with Crippen LogP contribution in [0.4, 0.5) is 0 Å². The van der Waals surface area contributed by atoms with E-state index in [1.807, 2.05) is 6.92 Å². The van der Waals surface area contributed by atoms with Crippen molar-refractivity contribution in [1.29, 1.82) is 0 Å². The Morgan fingerprint density at radius 1 is 1.60 bits per heavy atom. The lowest BCUT2D eigenvalue weighted by Gasteiger charge is -2.40. The van der Waals surface area contributed by atoms with Crippen LogP contribution in [0.15, 0.2) is 0 Å². The van der Waals surface area contributed by atoms with Crippen molar-refractivity contribution in [2.45, 2.75) is 51.6 Å². The highest BCUT2D eigenvalue weighted by atomic mass is 16.3. The zero-order chi connectivity index (χ0) is 11.5. The summed E-state index contributed by atoms with van der Waals surface area (Å²) in [5, 5.41) is 10.2. The molecule has 1 fully saturated rings. The fourth-order valence-corrected chi connectivity index (χ4v) is 2.47. The number of Topliss-reactive ketones (excluding diaryl/α,β-unsaturated/α-hetero) is 1. The second-order valence-corrected chi connectivity index (χ2v) is 4.75. The second-order valence-electron chi connectivity index (χ2n) is 4.75. The van der Waals surface area contributed by atoms with E-state index in [1.54, 1.807) is 6.92 Å². The van der Waals surface area contributed by atoms with Gasteiger partial charge in [-0.05, 0) is 26.2 Å². The Morgan fingerprint density at radius 2 is 2.27 bits per heavy atom. The van der Waals surface area contributed by atoms with Crippen molar-refractivity contribution in [2.75, 3.05) is 0 Å². The molecule has 0 aromatic heterocycles. The molecule has 1 N–H and O–H groups in total. The number of hydrogen-bond acceptors (Lipinski definition) is 3. The van der Waals surface area contributed by atoms with Crippen LogP contribution in [0.2, 0.25) is 0 Å². The number of hydrogen-bond donors (Lipinski definition) is 1. The largest absolute Gasteiger partial charge is 0.390 e. The maximum absolute atomic E-state index is 11.4. The Kier molecular flexibility index (Phi) is 4.03. The molecule has 0 radical (unpaired) electrons. The number of ketones is 1. The van der Waals surface area contributed by atoms with Gasteiger partial charge in [0.05, 0.1) is 5.60 Å². The zero-order valence-electron chi connectivity index (χ0n) is 9.53. The highest BCUT2D eigenvalue weighted by Gasteiger charge is 2.41. The number of aldehydes is 1. The Labute approximate surface area is 90.9 Å². The van der Waals surface area contributed by atoms with E-state index in [1.165, 1.54) is 0 Å². The van der Waals surface area contributed by atoms with Gasteiger partial charge in [0.1, 0.15) is 12.1 Å². The van der Waals surface area contributed by atoms with Gasteiger partial charge in [-0.25, -0.2) is 0 Å². The SMILES string of the molecule is CCC(=O)C[C@H]1C(C=O)CCC[C@@]1(C)O. The standard InChI is InChI=1S/C12H20O3/c1-3-10(14)7-11-9(8-13)5-4-6-12(11,2)15/h8-9,11,15H,3-7H2,1-2H3/t9?,11-,12+/m0/s1. The molecule has 0 heterocycles. The van der Waals surface area contributed by atoms with Crippen molar-refractivity contribution in [3.63, 3.8) is 0 Å². The van der Waals surface area contributed by atoms with E-state index < -0.39 is 5.60 Å². The second kappa shape index (κ2) is 4.88. The van der Waals surface area contributed by atoms with Crippen LogP contribution in [-0.4, -0.2) is 22.8 Å². The zero-order valence-corrected chi connectivity index (χ0v) is 9.53. The number of carbonyl (C=O) groups is 2. The molecule has 1 aliphatic carbocycles. The maximum Gasteiger partial charge on any atom is 0.133 e. The molecule has 0 aromatic carbocycles. The topological polar surface area (TPSA) is 54.4 Å². The molecule has 86 valence electrons. The number of rotatable bonds is 4. The molecule has 0 amide bonds. The van der Waals surface area contributed by atoms with Gasteiger partial charge in [-0.2, -0.15) is 0 Å². The first kappa shape index (κ1) is 12.4. The van der Waals surface area contributed by atoms with Gasteiger partial charge < -0.3 is 9.90 Å². The Balaban J connectivity index is 2.75. The molecule has 3 atom stereocenters. The van der Waals surface area contributed by atoms with Crippen molar-refractivity contribution < 1.29 is 14.7 Å². The van der Waals surface area contributed by atoms with Crippen LogP contribution in [0, 0.1) is 11.8 Å². The van der Waals surface area contributed by atoms with E-state index in [4.69, 9.17) is 0 Å². The Morgan fingerprint density at radius 3 is 2.80 bits per heavy atom. The van der Waals surface area contributed by atoms with Crippen molar-refractivity contribution in [3.8, 4) is 0 Å². The summed E-state index contributed by atoms with van der Waals surface area (Å²) in [6.07, 6.45) is 4.10. The molecular formula is C12H20O3. The monoisotopic (exact) mass is 212 g/mol. The van der Waals surface area contributed by atoms with Crippen molar-refractivity contribution >= 4 is 12.1 Å². The summed E-state index contributed by atoms with van der Waals surface area (Å²) in [4.78, 5) is 22.3. The van der Waals surface area contributed by atoms with E-state index in [0.717, 1.165) is 19.1 Å². The van der Waals surface area contributed by atoms with Gasteiger partial charge in [0.2, 0.25) is 0 Å². The molecular weight excluding hydrogens is 192 g/mol. The van der Waals surface area contributed by atoms with Gasteiger partial charge in [0, 0.05) is 24.7 Å². The Hall–Kier alpha value is -0.700. The molecule has 3 heteroatoms. The summed E-state index contributed by atoms with van der Waals surface area (Å²) in [7, 11) is 0. The Bertz CT molecular complexity index is 245. The first-order chi connectivity index (χ1) is 7.01. The molecule has 1 aliphatic rings. The summed E-state index contributed by atoms with van der Waals surface area (Å²) in [6, 6.07) is 0. The van der Waals surface area contributed by atoms with E-state index in [9.17, 15) is 14.7 Å². The summed E-state index contributed by atoms with van der Waals surface area (Å²) in [6.45, 7) is 3.56. The third-order valence-electron chi connectivity index (χ3n) is 3.55. The van der Waals surface area contributed by atoms with Crippen LogP contribution in [-0.2, 0) is 9.59 Å². The van der Waals surface area contributed by atoms with Crippen molar-refractivity contribution in [3.05, 3.63) is 0 Å². The first-order valence-corrected chi connectivity index (χ1v) is 5.70. The fraction of sp³-hybridized carbons (Fsp3) is 0.833. The van der Waals surface area contributed by atoms with Crippen LogP contribution in [0.25, 0.3) is 0 Å². The summed E-state index contributed by atoms with van der Waals surface area (Å²) in [5.41, 5.74) is -0.853. The molecule has 1 saturated carbocycles. The smallest absolute Gasteiger partial charge is 0.133 e. The van der Waals surface area contributed by atoms with Crippen LogP contribution in [0.1, 0.15) is 46.0 Å². The minimum Gasteiger partial charge on any atom is -0.390 e. The summed E-state index contributed by atoms with van der Waals surface area (Å²) >= 11 is 0. The molecule has 1 rings (SSSR count).